The van der Waals surface area contributed by atoms with Gasteiger partial charge in [0.25, 0.3) is 0 Å². The molecule has 8 nitrogen and oxygen atoms in total. The van der Waals surface area contributed by atoms with Crippen LogP contribution in [0.15, 0.2) is 12.5 Å². The summed E-state index contributed by atoms with van der Waals surface area (Å²) < 4.78 is 3.60. The van der Waals surface area contributed by atoms with E-state index in [9.17, 15) is 0 Å². The van der Waals surface area contributed by atoms with Crippen molar-refractivity contribution in [1.82, 2.24) is 35.1 Å². The fourth-order valence-corrected chi connectivity index (χ4v) is 1.61. The Labute approximate surface area is 105 Å². The number of aliphatic hydroxyl groups excluding tert-OH is 1. The number of aryl methyl sites for hydroxylation is 1. The highest BCUT2D eigenvalue weighted by Crippen LogP contribution is 1.96. The van der Waals surface area contributed by atoms with Crippen molar-refractivity contribution in [2.45, 2.75) is 33.1 Å². The Kier molecular flexibility index (Phi) is 4.37. The molecule has 0 saturated carbocycles. The quantitative estimate of drug-likeness (QED) is 0.667. The first-order valence-corrected chi connectivity index (χ1v) is 5.90. The summed E-state index contributed by atoms with van der Waals surface area (Å²) in [6.07, 6.45) is 3.53. The fraction of sp³-hybridized carbons (Fsp3) is 0.600. The Balaban J connectivity index is 1.81. The van der Waals surface area contributed by atoms with Gasteiger partial charge in [-0.15, -0.1) is 15.3 Å². The predicted molar refractivity (Wildman–Crippen MR) is 63.3 cm³/mol. The highest BCUT2D eigenvalue weighted by molar-refractivity contribution is 4.92. The maximum absolute atomic E-state index is 8.77. The molecule has 2 rings (SSSR count). The summed E-state index contributed by atoms with van der Waals surface area (Å²) in [7, 11) is 0. The third-order valence-electron chi connectivity index (χ3n) is 2.54. The largest absolute Gasteiger partial charge is 0.394 e. The van der Waals surface area contributed by atoms with Crippen molar-refractivity contribution in [2.75, 3.05) is 6.61 Å². The van der Waals surface area contributed by atoms with Gasteiger partial charge in [0.2, 0.25) is 0 Å². The lowest BCUT2D eigenvalue weighted by Crippen LogP contribution is -2.16. The van der Waals surface area contributed by atoms with E-state index in [2.05, 4.69) is 25.8 Å². The molecular formula is C10H17N7O. The van der Waals surface area contributed by atoms with Crippen molar-refractivity contribution in [3.05, 3.63) is 24.0 Å². The zero-order valence-corrected chi connectivity index (χ0v) is 10.3. The van der Waals surface area contributed by atoms with Gasteiger partial charge in [0.05, 0.1) is 25.4 Å². The minimum Gasteiger partial charge on any atom is -0.394 e. The molecule has 0 fully saturated rings. The van der Waals surface area contributed by atoms with E-state index in [4.69, 9.17) is 5.11 Å². The topological polar surface area (TPSA) is 93.7 Å². The van der Waals surface area contributed by atoms with Crippen LogP contribution in [0.3, 0.4) is 0 Å². The van der Waals surface area contributed by atoms with Crippen LogP contribution in [-0.2, 0) is 26.2 Å². The Morgan fingerprint density at radius 3 is 3.00 bits per heavy atom. The van der Waals surface area contributed by atoms with E-state index in [0.717, 1.165) is 18.1 Å². The normalized spacial score (nSPS) is 11.0. The number of hydrogen-bond acceptors (Lipinski definition) is 6. The average Bonchev–Trinajstić information content (AvgIpc) is 2.99. The van der Waals surface area contributed by atoms with Crippen LogP contribution in [0.1, 0.15) is 18.4 Å². The monoisotopic (exact) mass is 251 g/mol. The van der Waals surface area contributed by atoms with Gasteiger partial charge >= 0.3 is 0 Å². The Bertz CT molecular complexity index is 478. The number of hydrogen-bond donors (Lipinski definition) is 2. The molecule has 2 N–H and O–H groups in total. The van der Waals surface area contributed by atoms with Gasteiger partial charge in [-0.05, 0) is 6.92 Å². The molecule has 2 heterocycles. The lowest BCUT2D eigenvalue weighted by Gasteiger charge is -2.03. The van der Waals surface area contributed by atoms with Gasteiger partial charge in [-0.3, -0.25) is 0 Å². The molecule has 18 heavy (non-hydrogen) atoms. The van der Waals surface area contributed by atoms with Gasteiger partial charge in [0.1, 0.15) is 12.2 Å². The molecule has 0 aliphatic carbocycles. The minimum absolute atomic E-state index is 0.0653. The lowest BCUT2D eigenvalue weighted by molar-refractivity contribution is 0.268. The van der Waals surface area contributed by atoms with Crippen LogP contribution in [0.5, 0.6) is 0 Å². The van der Waals surface area contributed by atoms with E-state index in [0.29, 0.717) is 19.6 Å². The van der Waals surface area contributed by atoms with E-state index >= 15 is 0 Å². The standard InChI is InChI=1S/C10H17N7O/c1-2-16-8-12-14-10(16)6-11-5-9-7-17(3-4-18)15-13-9/h7-8,11,18H,2-6H2,1H3. The number of aromatic nitrogens is 6. The minimum atomic E-state index is 0.0653. The van der Waals surface area contributed by atoms with E-state index < -0.39 is 0 Å². The third kappa shape index (κ3) is 3.11. The molecule has 0 amide bonds. The van der Waals surface area contributed by atoms with Crippen molar-refractivity contribution in [1.29, 1.82) is 0 Å². The van der Waals surface area contributed by atoms with Crippen molar-refractivity contribution >= 4 is 0 Å². The number of rotatable bonds is 7. The highest BCUT2D eigenvalue weighted by Gasteiger charge is 2.03. The average molecular weight is 251 g/mol. The maximum atomic E-state index is 8.77. The molecule has 0 unspecified atom stereocenters. The predicted octanol–water partition coefficient (Wildman–Crippen LogP) is -0.828. The number of nitrogens with one attached hydrogen (secondary N) is 1. The van der Waals surface area contributed by atoms with Gasteiger partial charge < -0.3 is 15.0 Å². The molecule has 0 radical (unpaired) electrons. The fourth-order valence-electron chi connectivity index (χ4n) is 1.61. The van der Waals surface area contributed by atoms with Crippen molar-refractivity contribution in [3.63, 3.8) is 0 Å². The summed E-state index contributed by atoms with van der Waals surface area (Å²) in [6.45, 7) is 4.69. The summed E-state index contributed by atoms with van der Waals surface area (Å²) in [6, 6.07) is 0. The van der Waals surface area contributed by atoms with Gasteiger partial charge in [0.15, 0.2) is 0 Å². The molecule has 0 atom stereocenters. The summed E-state index contributed by atoms with van der Waals surface area (Å²) >= 11 is 0. The van der Waals surface area contributed by atoms with Crippen LogP contribution in [0.2, 0.25) is 0 Å². The highest BCUT2D eigenvalue weighted by atomic mass is 16.3. The lowest BCUT2D eigenvalue weighted by atomic mass is 10.4. The van der Waals surface area contributed by atoms with Crippen LogP contribution in [0, 0.1) is 0 Å². The van der Waals surface area contributed by atoms with Gasteiger partial charge in [-0.2, -0.15) is 0 Å². The molecule has 0 aliphatic heterocycles. The van der Waals surface area contributed by atoms with Gasteiger partial charge in [0, 0.05) is 19.3 Å². The van der Waals surface area contributed by atoms with Crippen LogP contribution in [-0.4, -0.2) is 41.5 Å². The summed E-state index contributed by atoms with van der Waals surface area (Å²) in [5, 5.41) is 27.8. The molecule has 2 aromatic heterocycles. The first-order valence-electron chi connectivity index (χ1n) is 5.90. The second-order valence-corrected chi connectivity index (χ2v) is 3.83. The van der Waals surface area contributed by atoms with Crippen molar-refractivity contribution < 1.29 is 5.11 Å². The zero-order chi connectivity index (χ0) is 12.8. The van der Waals surface area contributed by atoms with Crippen LogP contribution < -0.4 is 5.32 Å². The summed E-state index contributed by atoms with van der Waals surface area (Å²) in [4.78, 5) is 0. The van der Waals surface area contributed by atoms with E-state index in [1.165, 1.54) is 0 Å². The van der Waals surface area contributed by atoms with Crippen LogP contribution >= 0.6 is 0 Å². The second kappa shape index (κ2) is 6.22. The van der Waals surface area contributed by atoms with E-state index in [-0.39, 0.29) is 6.61 Å². The van der Waals surface area contributed by atoms with Crippen LogP contribution in [0.4, 0.5) is 0 Å². The van der Waals surface area contributed by atoms with Crippen LogP contribution in [0.25, 0.3) is 0 Å². The molecule has 0 saturated heterocycles. The smallest absolute Gasteiger partial charge is 0.146 e. The Morgan fingerprint density at radius 1 is 1.33 bits per heavy atom. The van der Waals surface area contributed by atoms with Crippen molar-refractivity contribution in [3.8, 4) is 0 Å². The first kappa shape index (κ1) is 12.7. The molecule has 0 aromatic carbocycles. The number of aliphatic hydroxyl groups is 1. The SMILES string of the molecule is CCn1cnnc1CNCc1cn(CCO)nn1. The second-order valence-electron chi connectivity index (χ2n) is 3.83. The molecule has 2 aromatic rings. The summed E-state index contributed by atoms with van der Waals surface area (Å²) in [5.74, 6) is 0.903. The summed E-state index contributed by atoms with van der Waals surface area (Å²) in [5.41, 5.74) is 0.839. The molecular weight excluding hydrogens is 234 g/mol. The molecule has 98 valence electrons. The zero-order valence-electron chi connectivity index (χ0n) is 10.3. The first-order chi connectivity index (χ1) is 8.83. The Hall–Kier alpha value is -1.80. The molecule has 8 heteroatoms. The molecule has 0 spiro atoms. The van der Waals surface area contributed by atoms with Crippen molar-refractivity contribution in [2.24, 2.45) is 0 Å². The Morgan fingerprint density at radius 2 is 2.22 bits per heavy atom. The van der Waals surface area contributed by atoms with Gasteiger partial charge in [-0.1, -0.05) is 5.21 Å². The van der Waals surface area contributed by atoms with Gasteiger partial charge in [-0.25, -0.2) is 4.68 Å². The number of nitrogens with zero attached hydrogens (tertiary/aromatic N) is 6. The van der Waals surface area contributed by atoms with E-state index in [1.807, 2.05) is 17.7 Å². The third-order valence-corrected chi connectivity index (χ3v) is 2.54. The van der Waals surface area contributed by atoms with E-state index in [1.54, 1.807) is 11.0 Å². The molecule has 0 aliphatic rings. The molecule has 0 bridgehead atoms. The maximum Gasteiger partial charge on any atom is 0.146 e.